The van der Waals surface area contributed by atoms with Gasteiger partial charge in [-0.15, -0.1) is 16.4 Å². The maximum absolute atomic E-state index is 4.74. The number of aryl methyl sites for hydroxylation is 2. The highest BCUT2D eigenvalue weighted by Gasteiger charge is 2.12. The highest BCUT2D eigenvalue weighted by Crippen LogP contribution is 2.26. The minimum atomic E-state index is 0.754. The van der Waals surface area contributed by atoms with Crippen LogP contribution in [-0.2, 0) is 5.75 Å². The first kappa shape index (κ1) is 13.7. The molecular weight excluding hydrogens is 314 g/mol. The first-order valence-electron chi connectivity index (χ1n) is 6.86. The fourth-order valence-corrected chi connectivity index (χ4v) is 3.90. The van der Waals surface area contributed by atoms with Gasteiger partial charge in [-0.1, -0.05) is 23.9 Å². The molecule has 0 atom stereocenters. The van der Waals surface area contributed by atoms with Gasteiger partial charge in [0.05, 0.1) is 16.2 Å². The van der Waals surface area contributed by atoms with E-state index < -0.39 is 0 Å². The van der Waals surface area contributed by atoms with E-state index in [0.29, 0.717) is 0 Å². The van der Waals surface area contributed by atoms with Crippen LogP contribution in [0.4, 0.5) is 0 Å². The largest absolute Gasteiger partial charge is 0.246 e. The number of thiazole rings is 1. The highest BCUT2D eigenvalue weighted by molar-refractivity contribution is 7.98. The lowest BCUT2D eigenvalue weighted by atomic mass is 10.2. The van der Waals surface area contributed by atoms with Crippen molar-refractivity contribution >= 4 is 39.6 Å². The zero-order valence-corrected chi connectivity index (χ0v) is 13.8. The van der Waals surface area contributed by atoms with Crippen LogP contribution in [-0.4, -0.2) is 24.6 Å². The maximum atomic E-state index is 4.74. The summed E-state index contributed by atoms with van der Waals surface area (Å²) in [7, 11) is 0. The number of rotatable bonds is 3. The molecule has 5 nitrogen and oxygen atoms in total. The second-order valence-corrected chi connectivity index (χ2v) is 6.96. The third-order valence-corrected chi connectivity index (χ3v) is 5.06. The van der Waals surface area contributed by atoms with Crippen molar-refractivity contribution < 1.29 is 0 Å². The predicted octanol–water partition coefficient (Wildman–Crippen LogP) is 3.64. The quantitative estimate of drug-likeness (QED) is 0.425. The van der Waals surface area contributed by atoms with Gasteiger partial charge in [0.25, 0.3) is 0 Å². The summed E-state index contributed by atoms with van der Waals surface area (Å²) < 4.78 is 1.83. The van der Waals surface area contributed by atoms with Gasteiger partial charge in [-0.3, -0.25) is 0 Å². The number of para-hydroxylation sites is 1. The Labute approximate surface area is 135 Å². The molecule has 0 aliphatic rings. The number of benzene rings is 1. The van der Waals surface area contributed by atoms with Crippen molar-refractivity contribution in [1.82, 2.24) is 24.6 Å². The smallest absolute Gasteiger partial charge is 0.191 e. The maximum Gasteiger partial charge on any atom is 0.191 e. The van der Waals surface area contributed by atoms with Gasteiger partial charge in [0.1, 0.15) is 5.82 Å². The van der Waals surface area contributed by atoms with Gasteiger partial charge in [-0.25, -0.2) is 15.0 Å². The zero-order chi connectivity index (χ0) is 15.1. The molecule has 0 fully saturated rings. The summed E-state index contributed by atoms with van der Waals surface area (Å²) in [5.74, 6) is 1.54. The molecule has 7 heteroatoms. The molecule has 0 saturated carbocycles. The van der Waals surface area contributed by atoms with E-state index in [1.165, 1.54) is 0 Å². The normalized spacial score (nSPS) is 11.5. The number of fused-ring (bicyclic) bond motifs is 3. The van der Waals surface area contributed by atoms with Crippen LogP contribution < -0.4 is 0 Å². The minimum absolute atomic E-state index is 0.754. The Bertz CT molecular complexity index is 973. The summed E-state index contributed by atoms with van der Waals surface area (Å²) >= 11 is 3.31. The molecule has 0 aliphatic heterocycles. The highest BCUT2D eigenvalue weighted by atomic mass is 32.2. The lowest BCUT2D eigenvalue weighted by molar-refractivity contribution is 0.796. The molecule has 110 valence electrons. The third kappa shape index (κ3) is 2.36. The van der Waals surface area contributed by atoms with E-state index in [1.807, 2.05) is 42.6 Å². The van der Waals surface area contributed by atoms with Crippen LogP contribution in [0.15, 0.2) is 34.8 Å². The van der Waals surface area contributed by atoms with Crippen LogP contribution in [0.5, 0.6) is 0 Å². The van der Waals surface area contributed by atoms with E-state index in [2.05, 4.69) is 20.4 Å². The monoisotopic (exact) mass is 327 g/mol. The Kier molecular flexibility index (Phi) is 3.31. The third-order valence-electron chi connectivity index (χ3n) is 3.27. The Morgan fingerprint density at radius 1 is 1.14 bits per heavy atom. The molecule has 0 spiro atoms. The van der Waals surface area contributed by atoms with Crippen LogP contribution >= 0.6 is 23.1 Å². The van der Waals surface area contributed by atoms with Gasteiger partial charge < -0.3 is 0 Å². The van der Waals surface area contributed by atoms with Crippen LogP contribution in [0.3, 0.4) is 0 Å². The average molecular weight is 327 g/mol. The molecule has 0 aliphatic carbocycles. The Hall–Kier alpha value is -1.99. The molecule has 1 aromatic carbocycles. The summed E-state index contributed by atoms with van der Waals surface area (Å²) in [6.07, 6.45) is 0. The number of hydrogen-bond acceptors (Lipinski definition) is 6. The zero-order valence-electron chi connectivity index (χ0n) is 12.1. The lowest BCUT2D eigenvalue weighted by Crippen LogP contribution is -1.98. The van der Waals surface area contributed by atoms with Crippen molar-refractivity contribution in [2.24, 2.45) is 0 Å². The summed E-state index contributed by atoms with van der Waals surface area (Å²) in [5.41, 5.74) is 2.88. The first-order chi connectivity index (χ1) is 10.7. The van der Waals surface area contributed by atoms with E-state index in [1.54, 1.807) is 23.1 Å². The molecule has 0 unspecified atom stereocenters. The molecule has 0 saturated heterocycles. The summed E-state index contributed by atoms with van der Waals surface area (Å²) in [4.78, 5) is 13.8. The lowest BCUT2D eigenvalue weighted by Gasteiger charge is -2.05. The van der Waals surface area contributed by atoms with Crippen molar-refractivity contribution in [1.29, 1.82) is 0 Å². The van der Waals surface area contributed by atoms with Crippen molar-refractivity contribution in [2.45, 2.75) is 24.8 Å². The molecular formula is C15H13N5S2. The number of aromatic nitrogens is 5. The minimum Gasteiger partial charge on any atom is -0.246 e. The van der Waals surface area contributed by atoms with Crippen molar-refractivity contribution in [2.75, 3.05) is 0 Å². The number of hydrogen-bond donors (Lipinski definition) is 0. The molecule has 0 bridgehead atoms. The Morgan fingerprint density at radius 2 is 2.00 bits per heavy atom. The summed E-state index contributed by atoms with van der Waals surface area (Å²) in [5, 5.41) is 9.53. The van der Waals surface area contributed by atoms with E-state index >= 15 is 0 Å². The first-order valence-corrected chi connectivity index (χ1v) is 8.73. The van der Waals surface area contributed by atoms with E-state index in [0.717, 1.165) is 44.0 Å². The standard InChI is InChI=1S/C15H13N5S2/c1-9-16-14-12-5-3-4-6-13(12)18-15(20(14)19-9)22-8-11-7-21-10(2)17-11/h3-7H,8H2,1-2H3. The van der Waals surface area contributed by atoms with Crippen molar-refractivity contribution in [3.63, 3.8) is 0 Å². The molecule has 0 N–H and O–H groups in total. The fraction of sp³-hybridized carbons (Fsp3) is 0.200. The van der Waals surface area contributed by atoms with Gasteiger partial charge in [0.2, 0.25) is 0 Å². The SMILES string of the molecule is Cc1nc2c3ccccc3nc(SCc3csc(C)n3)n2n1. The molecule has 22 heavy (non-hydrogen) atoms. The molecule has 3 heterocycles. The topological polar surface area (TPSA) is 56.0 Å². The van der Waals surface area contributed by atoms with Crippen molar-refractivity contribution in [3.8, 4) is 0 Å². The van der Waals surface area contributed by atoms with Gasteiger partial charge >= 0.3 is 0 Å². The predicted molar refractivity (Wildman–Crippen MR) is 89.4 cm³/mol. The van der Waals surface area contributed by atoms with Crippen LogP contribution in [0, 0.1) is 13.8 Å². The van der Waals surface area contributed by atoms with Crippen LogP contribution in [0.25, 0.3) is 16.6 Å². The Balaban J connectivity index is 1.80. The van der Waals surface area contributed by atoms with Gasteiger partial charge in [-0.2, -0.15) is 4.52 Å². The van der Waals surface area contributed by atoms with E-state index in [4.69, 9.17) is 4.98 Å². The second kappa shape index (κ2) is 5.33. The second-order valence-electron chi connectivity index (χ2n) is 4.95. The van der Waals surface area contributed by atoms with Gasteiger partial charge in [0, 0.05) is 16.5 Å². The van der Waals surface area contributed by atoms with Crippen molar-refractivity contribution in [3.05, 3.63) is 46.2 Å². The van der Waals surface area contributed by atoms with Crippen LogP contribution in [0.1, 0.15) is 16.5 Å². The number of thioether (sulfide) groups is 1. The van der Waals surface area contributed by atoms with Gasteiger partial charge in [-0.05, 0) is 26.0 Å². The molecule has 4 aromatic rings. The van der Waals surface area contributed by atoms with Crippen LogP contribution in [0.2, 0.25) is 0 Å². The summed E-state index contributed by atoms with van der Waals surface area (Å²) in [6, 6.07) is 8.03. The average Bonchev–Trinajstić information content (AvgIpc) is 3.10. The fourth-order valence-electron chi connectivity index (χ4n) is 2.34. The van der Waals surface area contributed by atoms with Gasteiger partial charge in [0.15, 0.2) is 10.8 Å². The molecule has 3 aromatic heterocycles. The Morgan fingerprint density at radius 3 is 2.82 bits per heavy atom. The molecule has 0 amide bonds. The van der Waals surface area contributed by atoms with E-state index in [9.17, 15) is 0 Å². The summed E-state index contributed by atoms with van der Waals surface area (Å²) in [6.45, 7) is 3.92. The molecule has 4 rings (SSSR count). The van der Waals surface area contributed by atoms with E-state index in [-0.39, 0.29) is 0 Å². The number of nitrogens with zero attached hydrogens (tertiary/aromatic N) is 5. The molecule has 0 radical (unpaired) electrons.